The van der Waals surface area contributed by atoms with Gasteiger partial charge in [-0.15, -0.1) is 0 Å². The van der Waals surface area contributed by atoms with Crippen molar-refractivity contribution < 1.29 is 31.4 Å². The average Bonchev–Trinajstić information content (AvgIpc) is 3.42. The van der Waals surface area contributed by atoms with Gasteiger partial charge in [-0.2, -0.15) is 4.31 Å². The Labute approximate surface area is 266 Å². The Morgan fingerprint density at radius 1 is 0.933 bits per heavy atom. The molecule has 3 aromatic rings. The van der Waals surface area contributed by atoms with E-state index in [0.29, 0.717) is 49.6 Å². The second-order valence-electron chi connectivity index (χ2n) is 13.0. The number of sulfone groups is 1. The van der Waals surface area contributed by atoms with Gasteiger partial charge in [-0.25, -0.2) is 16.8 Å². The van der Waals surface area contributed by atoms with Crippen molar-refractivity contribution in [3.63, 3.8) is 0 Å². The first-order chi connectivity index (χ1) is 21.5. The molecule has 1 saturated carbocycles. The van der Waals surface area contributed by atoms with Gasteiger partial charge in [-0.1, -0.05) is 55.7 Å². The molecule has 3 unspecified atom stereocenters. The number of piperidine rings is 1. The summed E-state index contributed by atoms with van der Waals surface area (Å²) in [5, 5.41) is 15.8. The van der Waals surface area contributed by atoms with Crippen LogP contribution in [0.5, 0.6) is 5.75 Å². The van der Waals surface area contributed by atoms with Gasteiger partial charge in [0, 0.05) is 19.1 Å². The first-order valence-corrected chi connectivity index (χ1v) is 19.2. The van der Waals surface area contributed by atoms with E-state index in [-0.39, 0.29) is 22.6 Å². The molecule has 11 heteroatoms. The van der Waals surface area contributed by atoms with E-state index in [1.165, 1.54) is 6.42 Å². The van der Waals surface area contributed by atoms with Gasteiger partial charge in [0.05, 0.1) is 27.8 Å². The van der Waals surface area contributed by atoms with Crippen LogP contribution in [0.25, 0.3) is 10.8 Å². The molecule has 3 fully saturated rings. The van der Waals surface area contributed by atoms with E-state index < -0.39 is 37.8 Å². The van der Waals surface area contributed by atoms with Crippen molar-refractivity contribution in [1.29, 1.82) is 0 Å². The molecular formula is C34H44N2O7S2. The van der Waals surface area contributed by atoms with Crippen LogP contribution in [-0.4, -0.2) is 75.7 Å². The minimum absolute atomic E-state index is 0.119. The number of benzene rings is 3. The Balaban J connectivity index is 1.06. The molecule has 0 radical (unpaired) electrons. The van der Waals surface area contributed by atoms with E-state index in [2.05, 4.69) is 5.32 Å². The normalized spacial score (nSPS) is 22.8. The van der Waals surface area contributed by atoms with Crippen molar-refractivity contribution in [1.82, 2.24) is 9.62 Å². The van der Waals surface area contributed by atoms with Crippen molar-refractivity contribution in [2.45, 2.75) is 92.1 Å². The maximum absolute atomic E-state index is 13.5. The number of hydrogen-bond acceptors (Lipinski definition) is 8. The molecule has 0 bridgehead atoms. The monoisotopic (exact) mass is 656 g/mol. The van der Waals surface area contributed by atoms with Crippen LogP contribution in [0.2, 0.25) is 0 Å². The standard InChI is InChI=1S/C34H44N2O7S2/c1-25(37)33(43-30-12-7-13-31(21-30)44(38,39)24-26-8-3-2-4-9-26)35-29-22-34(42-23-29)16-18-36(19-17-34)45(40,41)32-15-14-27-10-5-6-11-28(27)20-32/h5-7,10-15,20-21,25-26,29,33,35,37H,2-4,8-9,16-19,22-24H2,1H3. The topological polar surface area (TPSA) is 122 Å². The summed E-state index contributed by atoms with van der Waals surface area (Å²) in [4.78, 5) is 0.537. The summed E-state index contributed by atoms with van der Waals surface area (Å²) in [6.07, 6.45) is 5.38. The smallest absolute Gasteiger partial charge is 0.243 e. The van der Waals surface area contributed by atoms with Gasteiger partial charge in [0.25, 0.3) is 0 Å². The zero-order valence-electron chi connectivity index (χ0n) is 25.8. The number of ether oxygens (including phenoxy) is 2. The third-order valence-electron chi connectivity index (χ3n) is 9.65. The summed E-state index contributed by atoms with van der Waals surface area (Å²) in [5.41, 5.74) is -0.455. The number of nitrogens with zero attached hydrogens (tertiary/aromatic N) is 1. The zero-order valence-corrected chi connectivity index (χ0v) is 27.4. The summed E-state index contributed by atoms with van der Waals surface area (Å²) >= 11 is 0. The highest BCUT2D eigenvalue weighted by atomic mass is 32.2. The van der Waals surface area contributed by atoms with Gasteiger partial charge in [0.1, 0.15) is 11.9 Å². The number of sulfonamides is 1. The lowest BCUT2D eigenvalue weighted by atomic mass is 9.88. The fraction of sp³-hybridized carbons (Fsp3) is 0.529. The van der Waals surface area contributed by atoms with Crippen LogP contribution in [0.4, 0.5) is 0 Å². The Hall–Kier alpha value is -2.54. The van der Waals surface area contributed by atoms with Crippen molar-refractivity contribution >= 4 is 30.6 Å². The fourth-order valence-corrected chi connectivity index (χ4v) is 10.3. The SMILES string of the molecule is CC(O)C(NC1COC2(CCN(S(=O)(=O)c3ccc4ccccc4c3)CC2)C1)Oc1cccc(S(=O)(=O)CC2CCCCC2)c1. The van der Waals surface area contributed by atoms with E-state index in [4.69, 9.17) is 9.47 Å². The maximum atomic E-state index is 13.5. The summed E-state index contributed by atoms with van der Waals surface area (Å²) in [6.45, 7) is 2.75. The van der Waals surface area contributed by atoms with Crippen molar-refractivity contribution in [2.24, 2.45) is 5.92 Å². The number of aliphatic hydroxyl groups is 1. The second kappa shape index (κ2) is 13.3. The van der Waals surface area contributed by atoms with Crippen molar-refractivity contribution in [3.05, 3.63) is 66.7 Å². The van der Waals surface area contributed by atoms with Crippen LogP contribution < -0.4 is 10.1 Å². The number of nitrogens with one attached hydrogen (secondary N) is 1. The van der Waals surface area contributed by atoms with Gasteiger partial charge in [-0.05, 0) is 86.1 Å². The van der Waals surface area contributed by atoms with E-state index in [1.807, 2.05) is 30.3 Å². The highest BCUT2D eigenvalue weighted by Gasteiger charge is 2.45. The lowest BCUT2D eigenvalue weighted by Crippen LogP contribution is -2.50. The predicted octanol–water partition coefficient (Wildman–Crippen LogP) is 4.88. The Kier molecular flexibility index (Phi) is 9.57. The van der Waals surface area contributed by atoms with E-state index in [0.717, 1.165) is 36.5 Å². The van der Waals surface area contributed by atoms with Gasteiger partial charge in [-0.3, -0.25) is 5.32 Å². The molecule has 1 aliphatic carbocycles. The number of fused-ring (bicyclic) bond motifs is 1. The Morgan fingerprint density at radius 2 is 1.67 bits per heavy atom. The minimum atomic E-state index is -3.63. The van der Waals surface area contributed by atoms with Gasteiger partial charge >= 0.3 is 0 Å². The first kappa shape index (κ1) is 32.4. The fourth-order valence-electron chi connectivity index (χ4n) is 7.06. The van der Waals surface area contributed by atoms with E-state index in [9.17, 15) is 21.9 Å². The molecule has 6 rings (SSSR count). The van der Waals surface area contributed by atoms with Crippen LogP contribution in [0.15, 0.2) is 76.5 Å². The van der Waals surface area contributed by atoms with Crippen LogP contribution in [0, 0.1) is 5.92 Å². The van der Waals surface area contributed by atoms with Gasteiger partial charge in [0.15, 0.2) is 16.1 Å². The number of aliphatic hydroxyl groups excluding tert-OH is 1. The van der Waals surface area contributed by atoms with Crippen LogP contribution in [0.3, 0.4) is 0 Å². The molecule has 2 saturated heterocycles. The second-order valence-corrected chi connectivity index (χ2v) is 17.0. The van der Waals surface area contributed by atoms with Crippen LogP contribution >= 0.6 is 0 Å². The molecule has 2 N–H and O–H groups in total. The molecule has 0 aromatic heterocycles. The number of hydrogen-bond donors (Lipinski definition) is 2. The molecule has 3 aromatic carbocycles. The Bertz CT molecular complexity index is 1700. The lowest BCUT2D eigenvalue weighted by molar-refractivity contribution is -0.0317. The van der Waals surface area contributed by atoms with Gasteiger partial charge in [0.2, 0.25) is 10.0 Å². The molecule has 2 aliphatic heterocycles. The first-order valence-electron chi connectivity index (χ1n) is 16.1. The quantitative estimate of drug-likeness (QED) is 0.296. The summed E-state index contributed by atoms with van der Waals surface area (Å²) in [6, 6.07) is 19.4. The molecule has 0 amide bonds. The highest BCUT2D eigenvalue weighted by Crippen LogP contribution is 2.38. The minimum Gasteiger partial charge on any atom is -0.473 e. The predicted molar refractivity (Wildman–Crippen MR) is 173 cm³/mol. The van der Waals surface area contributed by atoms with Crippen molar-refractivity contribution in [3.8, 4) is 5.75 Å². The van der Waals surface area contributed by atoms with Crippen LogP contribution in [-0.2, 0) is 24.6 Å². The third kappa shape index (κ3) is 7.39. The van der Waals surface area contributed by atoms with Crippen LogP contribution in [0.1, 0.15) is 58.3 Å². The summed E-state index contributed by atoms with van der Waals surface area (Å²) in [5.74, 6) is 0.719. The Morgan fingerprint density at radius 3 is 2.40 bits per heavy atom. The molecule has 3 atom stereocenters. The molecule has 1 spiro atoms. The third-order valence-corrected chi connectivity index (χ3v) is 13.4. The molecule has 244 valence electrons. The zero-order chi connectivity index (χ0) is 31.7. The van der Waals surface area contributed by atoms with Gasteiger partial charge < -0.3 is 14.6 Å². The average molecular weight is 657 g/mol. The van der Waals surface area contributed by atoms with E-state index in [1.54, 1.807) is 47.6 Å². The highest BCUT2D eigenvalue weighted by molar-refractivity contribution is 7.91. The summed E-state index contributed by atoms with van der Waals surface area (Å²) < 4.78 is 67.2. The lowest BCUT2D eigenvalue weighted by Gasteiger charge is -2.38. The molecular weight excluding hydrogens is 613 g/mol. The van der Waals surface area contributed by atoms with Crippen molar-refractivity contribution in [2.75, 3.05) is 25.4 Å². The number of rotatable bonds is 10. The maximum Gasteiger partial charge on any atom is 0.243 e. The molecule has 2 heterocycles. The summed E-state index contributed by atoms with van der Waals surface area (Å²) in [7, 11) is -7.09. The molecule has 45 heavy (non-hydrogen) atoms. The molecule has 3 aliphatic rings. The largest absolute Gasteiger partial charge is 0.473 e. The molecule has 9 nitrogen and oxygen atoms in total. The van der Waals surface area contributed by atoms with E-state index >= 15 is 0 Å².